The van der Waals surface area contributed by atoms with Crippen molar-refractivity contribution in [2.45, 2.75) is 32.4 Å². The third kappa shape index (κ3) is 4.46. The summed E-state index contributed by atoms with van der Waals surface area (Å²) < 4.78 is 26.3. The van der Waals surface area contributed by atoms with Crippen molar-refractivity contribution in [3.63, 3.8) is 0 Å². The van der Waals surface area contributed by atoms with Gasteiger partial charge in [-0.2, -0.15) is 10.4 Å². The molecule has 0 saturated heterocycles. The number of H-pyrrole nitrogens is 1. The first-order chi connectivity index (χ1) is 15.2. The van der Waals surface area contributed by atoms with E-state index >= 15 is 0 Å². The molecule has 0 aliphatic carbocycles. The molecular formula is C22H19F2N7O. The molecule has 4 aromatic rings. The molecule has 0 aliphatic rings. The summed E-state index contributed by atoms with van der Waals surface area (Å²) in [5, 5.41) is 16.5. The van der Waals surface area contributed by atoms with E-state index in [0.717, 1.165) is 5.39 Å². The molecule has 0 fully saturated rings. The molecular weight excluding hydrogens is 416 g/mol. The third-order valence-corrected chi connectivity index (χ3v) is 4.72. The van der Waals surface area contributed by atoms with Crippen molar-refractivity contribution in [1.82, 2.24) is 30.0 Å². The minimum atomic E-state index is -2.48. The summed E-state index contributed by atoms with van der Waals surface area (Å²) in [6.45, 7) is 2.74. The topological polar surface area (TPSA) is 112 Å². The zero-order valence-electron chi connectivity index (χ0n) is 17.3. The van der Waals surface area contributed by atoms with Gasteiger partial charge < -0.3 is 10.3 Å². The van der Waals surface area contributed by atoms with Crippen LogP contribution in [0, 0.1) is 11.3 Å². The van der Waals surface area contributed by atoms with Crippen LogP contribution in [0.3, 0.4) is 0 Å². The van der Waals surface area contributed by atoms with Crippen LogP contribution < -0.4 is 5.32 Å². The number of nitriles is 1. The number of aromatic amines is 1. The molecule has 4 heterocycles. The first-order valence-electron chi connectivity index (χ1n) is 9.75. The Morgan fingerprint density at radius 1 is 1.28 bits per heavy atom. The highest BCUT2D eigenvalue weighted by molar-refractivity contribution is 5.94. The van der Waals surface area contributed by atoms with Crippen LogP contribution in [0.2, 0.25) is 0 Å². The third-order valence-electron chi connectivity index (χ3n) is 4.72. The first kappa shape index (κ1) is 21.1. The van der Waals surface area contributed by atoms with Crippen molar-refractivity contribution in [2.24, 2.45) is 0 Å². The lowest BCUT2D eigenvalue weighted by atomic mass is 10.1. The fourth-order valence-corrected chi connectivity index (χ4v) is 3.15. The normalized spacial score (nSPS) is 11.6. The number of alkyl halides is 2. The van der Waals surface area contributed by atoms with Gasteiger partial charge in [-0.1, -0.05) is 6.07 Å². The smallest absolute Gasteiger partial charge is 0.271 e. The largest absolute Gasteiger partial charge is 0.339 e. The predicted molar refractivity (Wildman–Crippen MR) is 114 cm³/mol. The van der Waals surface area contributed by atoms with Gasteiger partial charge in [-0.05, 0) is 38.1 Å². The van der Waals surface area contributed by atoms with Crippen molar-refractivity contribution in [3.05, 3.63) is 54.6 Å². The van der Waals surface area contributed by atoms with E-state index < -0.39 is 24.4 Å². The lowest BCUT2D eigenvalue weighted by Crippen LogP contribution is -2.42. The number of hydrogen-bond acceptors (Lipinski definition) is 5. The molecule has 0 saturated carbocycles. The number of aromatic nitrogens is 5. The summed E-state index contributed by atoms with van der Waals surface area (Å²) in [5.74, 6) is -0.447. The average molecular weight is 435 g/mol. The minimum absolute atomic E-state index is 0.187. The molecule has 0 aromatic carbocycles. The van der Waals surface area contributed by atoms with Gasteiger partial charge in [0.2, 0.25) is 0 Å². The fraction of sp³-hybridized carbons (Fsp3) is 0.227. The summed E-state index contributed by atoms with van der Waals surface area (Å²) in [5.41, 5.74) is 2.41. The Morgan fingerprint density at radius 2 is 2.09 bits per heavy atom. The number of halogens is 2. The Balaban J connectivity index is 1.61. The molecule has 0 atom stereocenters. The molecule has 0 aliphatic heterocycles. The summed E-state index contributed by atoms with van der Waals surface area (Å²) in [6, 6.07) is 10.8. The number of nitrogens with one attached hydrogen (secondary N) is 2. The van der Waals surface area contributed by atoms with Gasteiger partial charge in [-0.3, -0.25) is 9.48 Å². The number of pyridine rings is 2. The van der Waals surface area contributed by atoms with Crippen LogP contribution in [0.5, 0.6) is 0 Å². The highest BCUT2D eigenvalue weighted by Crippen LogP contribution is 2.26. The second-order valence-corrected chi connectivity index (χ2v) is 7.79. The number of amides is 1. The number of hydrogen-bond donors (Lipinski definition) is 2. The van der Waals surface area contributed by atoms with E-state index in [4.69, 9.17) is 5.26 Å². The van der Waals surface area contributed by atoms with E-state index in [1.807, 2.05) is 18.2 Å². The van der Waals surface area contributed by atoms with Gasteiger partial charge in [0, 0.05) is 28.9 Å². The number of carbonyl (C=O) groups excluding carboxylic acids is 1. The molecule has 162 valence electrons. The number of rotatable bonds is 6. The lowest BCUT2D eigenvalue weighted by molar-refractivity contribution is 0.0924. The van der Waals surface area contributed by atoms with Crippen LogP contribution >= 0.6 is 0 Å². The van der Waals surface area contributed by atoms with Crippen molar-refractivity contribution in [3.8, 4) is 28.6 Å². The standard InChI is InChI=1S/C22H19F2N7O/c1-22(2,12-25)30-21(32)17-5-3-4-16(28-17)14-6-13-7-18(29-20(13)26-8-14)15-9-27-31(10-15)11-19(23)24/h3-10,19H,11H2,1-2H3,(H,26,29)(H,30,32). The van der Waals surface area contributed by atoms with Crippen LogP contribution in [0.4, 0.5) is 8.78 Å². The van der Waals surface area contributed by atoms with Crippen LogP contribution in [0.15, 0.2) is 48.9 Å². The van der Waals surface area contributed by atoms with Crippen molar-refractivity contribution in [2.75, 3.05) is 0 Å². The molecule has 0 bridgehead atoms. The molecule has 1 amide bonds. The molecule has 0 spiro atoms. The maximum Gasteiger partial charge on any atom is 0.271 e. The zero-order valence-corrected chi connectivity index (χ0v) is 17.3. The Kier molecular flexibility index (Phi) is 5.40. The van der Waals surface area contributed by atoms with E-state index in [2.05, 4.69) is 25.4 Å². The van der Waals surface area contributed by atoms with Crippen LogP contribution in [0.1, 0.15) is 24.3 Å². The highest BCUT2D eigenvalue weighted by Gasteiger charge is 2.21. The van der Waals surface area contributed by atoms with E-state index in [1.54, 1.807) is 44.4 Å². The van der Waals surface area contributed by atoms with Gasteiger partial charge in [0.1, 0.15) is 23.4 Å². The predicted octanol–water partition coefficient (Wildman–Crippen LogP) is 3.79. The zero-order chi connectivity index (χ0) is 22.9. The summed E-state index contributed by atoms with van der Waals surface area (Å²) >= 11 is 0. The first-order valence-corrected chi connectivity index (χ1v) is 9.75. The molecule has 10 heteroatoms. The Labute approximate surface area is 181 Å². The molecule has 0 unspecified atom stereocenters. The van der Waals surface area contributed by atoms with Gasteiger partial charge in [0.15, 0.2) is 0 Å². The van der Waals surface area contributed by atoms with Gasteiger partial charge >= 0.3 is 0 Å². The van der Waals surface area contributed by atoms with Crippen LogP contribution in [-0.2, 0) is 6.54 Å². The Bertz CT molecular complexity index is 1330. The lowest BCUT2D eigenvalue weighted by Gasteiger charge is -2.17. The SMILES string of the molecule is CC(C)(C#N)NC(=O)c1cccc(-c2cnc3[nH]c(-c4cnn(CC(F)F)c4)cc3c2)n1. The van der Waals surface area contributed by atoms with Crippen molar-refractivity contribution >= 4 is 16.9 Å². The Hall–Kier alpha value is -4.13. The number of carbonyl (C=O) groups is 1. The maximum absolute atomic E-state index is 12.6. The number of fused-ring (bicyclic) bond motifs is 1. The molecule has 32 heavy (non-hydrogen) atoms. The Morgan fingerprint density at radius 3 is 2.84 bits per heavy atom. The average Bonchev–Trinajstić information content (AvgIpc) is 3.39. The van der Waals surface area contributed by atoms with Crippen molar-refractivity contribution < 1.29 is 13.6 Å². The van der Waals surface area contributed by atoms with Crippen molar-refractivity contribution in [1.29, 1.82) is 5.26 Å². The van der Waals surface area contributed by atoms with E-state index in [-0.39, 0.29) is 5.69 Å². The van der Waals surface area contributed by atoms with Gasteiger partial charge in [-0.15, -0.1) is 0 Å². The quantitative estimate of drug-likeness (QED) is 0.479. The summed E-state index contributed by atoms with van der Waals surface area (Å²) in [6.07, 6.45) is 2.21. The van der Waals surface area contributed by atoms with Gasteiger partial charge in [0.05, 0.1) is 23.7 Å². The van der Waals surface area contributed by atoms with E-state index in [0.29, 0.717) is 28.2 Å². The summed E-state index contributed by atoms with van der Waals surface area (Å²) in [7, 11) is 0. The second-order valence-electron chi connectivity index (χ2n) is 7.79. The highest BCUT2D eigenvalue weighted by atomic mass is 19.3. The molecule has 2 N–H and O–H groups in total. The van der Waals surface area contributed by atoms with Crippen LogP contribution in [-0.4, -0.2) is 42.6 Å². The number of nitrogens with zero attached hydrogens (tertiary/aromatic N) is 5. The maximum atomic E-state index is 12.6. The van der Waals surface area contributed by atoms with Gasteiger partial charge in [-0.25, -0.2) is 18.7 Å². The molecule has 4 rings (SSSR count). The van der Waals surface area contributed by atoms with Gasteiger partial charge in [0.25, 0.3) is 12.3 Å². The molecule has 0 radical (unpaired) electrons. The summed E-state index contributed by atoms with van der Waals surface area (Å²) in [4.78, 5) is 24.4. The van der Waals surface area contributed by atoms with E-state index in [1.165, 1.54) is 10.9 Å². The monoisotopic (exact) mass is 435 g/mol. The molecule has 8 nitrogen and oxygen atoms in total. The fourth-order valence-electron chi connectivity index (χ4n) is 3.15. The second kappa shape index (κ2) is 8.19. The minimum Gasteiger partial charge on any atom is -0.339 e. The van der Waals surface area contributed by atoms with Crippen LogP contribution in [0.25, 0.3) is 33.5 Å². The van der Waals surface area contributed by atoms with E-state index in [9.17, 15) is 13.6 Å². The molecule has 4 aromatic heterocycles.